The zero-order valence-corrected chi connectivity index (χ0v) is 11.9. The molecule has 1 aromatic carbocycles. The molecular formula is C14H16N2S2. The number of aryl methyl sites for hydroxylation is 1. The van der Waals surface area contributed by atoms with Crippen LogP contribution in [0.25, 0.3) is 0 Å². The minimum absolute atomic E-state index is 0.456. The molecule has 0 atom stereocenters. The number of hydrogen-bond donors (Lipinski definition) is 2. The van der Waals surface area contributed by atoms with Gasteiger partial charge in [-0.1, -0.05) is 12.2 Å². The van der Waals surface area contributed by atoms with Gasteiger partial charge in [-0.3, -0.25) is 0 Å². The fourth-order valence-electron chi connectivity index (χ4n) is 1.84. The Morgan fingerprint density at radius 3 is 2.83 bits per heavy atom. The molecule has 4 heteroatoms. The lowest BCUT2D eigenvalue weighted by molar-refractivity contribution is 1.03. The van der Waals surface area contributed by atoms with Gasteiger partial charge in [0, 0.05) is 17.8 Å². The van der Waals surface area contributed by atoms with Gasteiger partial charge in [-0.05, 0) is 59.5 Å². The maximum atomic E-state index is 5.64. The van der Waals surface area contributed by atoms with E-state index >= 15 is 0 Å². The van der Waals surface area contributed by atoms with Gasteiger partial charge in [-0.15, -0.1) is 0 Å². The summed E-state index contributed by atoms with van der Waals surface area (Å²) in [5, 5.41) is 7.70. The smallest absolute Gasteiger partial charge is 0.104 e. The highest BCUT2D eigenvalue weighted by atomic mass is 32.1. The van der Waals surface area contributed by atoms with Crippen molar-refractivity contribution in [3.8, 4) is 0 Å². The number of hydrogen-bond acceptors (Lipinski definition) is 3. The third kappa shape index (κ3) is 3.31. The molecule has 2 nitrogen and oxygen atoms in total. The molecule has 0 saturated heterocycles. The normalized spacial score (nSPS) is 10.3. The van der Waals surface area contributed by atoms with Crippen LogP contribution in [0, 0.1) is 6.92 Å². The lowest BCUT2D eigenvalue weighted by Gasteiger charge is -2.09. The van der Waals surface area contributed by atoms with Crippen LogP contribution in [0.5, 0.6) is 0 Å². The van der Waals surface area contributed by atoms with Crippen molar-refractivity contribution in [2.75, 3.05) is 11.9 Å². The molecule has 1 heterocycles. The molecule has 0 aliphatic rings. The Kier molecular flexibility index (Phi) is 4.33. The summed E-state index contributed by atoms with van der Waals surface area (Å²) in [6.45, 7) is 2.96. The van der Waals surface area contributed by atoms with E-state index in [0.717, 1.165) is 29.8 Å². The molecule has 2 aromatic rings. The molecule has 0 radical (unpaired) electrons. The third-order valence-corrected chi connectivity index (χ3v) is 3.77. The van der Waals surface area contributed by atoms with Gasteiger partial charge in [-0.25, -0.2) is 0 Å². The first-order chi connectivity index (χ1) is 8.66. The van der Waals surface area contributed by atoms with Crippen LogP contribution in [0.3, 0.4) is 0 Å². The van der Waals surface area contributed by atoms with E-state index in [1.54, 1.807) is 11.3 Å². The van der Waals surface area contributed by atoms with Crippen LogP contribution >= 0.6 is 23.6 Å². The van der Waals surface area contributed by atoms with Gasteiger partial charge in [0.05, 0.1) is 0 Å². The van der Waals surface area contributed by atoms with Crippen LogP contribution in [0.2, 0.25) is 0 Å². The Labute approximate surface area is 117 Å². The average Bonchev–Trinajstić information content (AvgIpc) is 2.81. The predicted octanol–water partition coefficient (Wildman–Crippen LogP) is 3.35. The SMILES string of the molecule is Cc1cc(NCCc2ccsc2)ccc1C(N)=S. The van der Waals surface area contributed by atoms with E-state index in [4.69, 9.17) is 18.0 Å². The van der Waals surface area contributed by atoms with Crippen LogP contribution in [0.4, 0.5) is 5.69 Å². The highest BCUT2D eigenvalue weighted by Gasteiger charge is 2.02. The summed E-state index contributed by atoms with van der Waals surface area (Å²) in [7, 11) is 0. The zero-order chi connectivity index (χ0) is 13.0. The van der Waals surface area contributed by atoms with Gasteiger partial charge < -0.3 is 11.1 Å². The second kappa shape index (κ2) is 5.98. The van der Waals surface area contributed by atoms with Crippen molar-refractivity contribution in [3.05, 3.63) is 51.7 Å². The van der Waals surface area contributed by atoms with Crippen LogP contribution in [0.15, 0.2) is 35.0 Å². The summed E-state index contributed by atoms with van der Waals surface area (Å²) in [6, 6.07) is 8.25. The molecule has 0 bridgehead atoms. The Morgan fingerprint density at radius 2 is 2.22 bits per heavy atom. The second-order valence-corrected chi connectivity index (χ2v) is 5.42. The molecule has 0 saturated carbocycles. The van der Waals surface area contributed by atoms with Gasteiger partial charge in [0.25, 0.3) is 0 Å². The van der Waals surface area contributed by atoms with Crippen molar-refractivity contribution < 1.29 is 0 Å². The Bertz CT molecular complexity index is 533. The molecule has 0 unspecified atom stereocenters. The topological polar surface area (TPSA) is 38.0 Å². The molecular weight excluding hydrogens is 260 g/mol. The first-order valence-corrected chi connectivity index (χ1v) is 7.17. The van der Waals surface area contributed by atoms with Crippen LogP contribution in [-0.2, 0) is 6.42 Å². The fourth-order valence-corrected chi connectivity index (χ4v) is 2.77. The molecule has 2 rings (SSSR count). The largest absolute Gasteiger partial charge is 0.389 e. The van der Waals surface area contributed by atoms with E-state index in [-0.39, 0.29) is 0 Å². The monoisotopic (exact) mass is 276 g/mol. The second-order valence-electron chi connectivity index (χ2n) is 4.20. The standard InChI is InChI=1S/C14H16N2S2/c1-10-8-12(2-3-13(10)14(15)17)16-6-4-11-5-7-18-9-11/h2-3,5,7-9,16H,4,6H2,1H3,(H2,15,17). The fraction of sp³-hybridized carbons (Fsp3) is 0.214. The van der Waals surface area contributed by atoms with Crippen molar-refractivity contribution in [1.82, 2.24) is 0 Å². The molecule has 3 N–H and O–H groups in total. The first-order valence-electron chi connectivity index (χ1n) is 5.82. The minimum atomic E-state index is 0.456. The summed E-state index contributed by atoms with van der Waals surface area (Å²) < 4.78 is 0. The number of benzene rings is 1. The Morgan fingerprint density at radius 1 is 1.39 bits per heavy atom. The van der Waals surface area contributed by atoms with E-state index in [1.807, 2.05) is 19.1 Å². The minimum Gasteiger partial charge on any atom is -0.389 e. The summed E-state index contributed by atoms with van der Waals surface area (Å²) >= 11 is 6.73. The van der Waals surface area contributed by atoms with Crippen LogP contribution in [-0.4, -0.2) is 11.5 Å². The summed E-state index contributed by atoms with van der Waals surface area (Å²) in [6.07, 6.45) is 1.04. The maximum Gasteiger partial charge on any atom is 0.104 e. The first kappa shape index (κ1) is 13.1. The van der Waals surface area contributed by atoms with Crippen molar-refractivity contribution in [3.63, 3.8) is 0 Å². The molecule has 1 aromatic heterocycles. The number of anilines is 1. The predicted molar refractivity (Wildman–Crippen MR) is 83.6 cm³/mol. The zero-order valence-electron chi connectivity index (χ0n) is 10.3. The number of nitrogens with one attached hydrogen (secondary N) is 1. The van der Waals surface area contributed by atoms with Gasteiger partial charge in [0.15, 0.2) is 0 Å². The Balaban J connectivity index is 1.94. The highest BCUT2D eigenvalue weighted by Crippen LogP contribution is 2.15. The van der Waals surface area contributed by atoms with E-state index in [0.29, 0.717) is 4.99 Å². The van der Waals surface area contributed by atoms with Gasteiger partial charge >= 0.3 is 0 Å². The lowest BCUT2D eigenvalue weighted by atomic mass is 10.1. The van der Waals surface area contributed by atoms with E-state index in [9.17, 15) is 0 Å². The summed E-state index contributed by atoms with van der Waals surface area (Å²) in [5.41, 5.74) is 10.2. The molecule has 0 aliphatic heterocycles. The van der Waals surface area contributed by atoms with Gasteiger partial charge in [-0.2, -0.15) is 11.3 Å². The molecule has 18 heavy (non-hydrogen) atoms. The van der Waals surface area contributed by atoms with E-state index in [2.05, 4.69) is 28.2 Å². The molecule has 0 spiro atoms. The van der Waals surface area contributed by atoms with Crippen molar-refractivity contribution >= 4 is 34.2 Å². The van der Waals surface area contributed by atoms with E-state index < -0.39 is 0 Å². The number of thiophene rings is 1. The van der Waals surface area contributed by atoms with Crippen molar-refractivity contribution in [2.45, 2.75) is 13.3 Å². The maximum absolute atomic E-state index is 5.64. The Hall–Kier alpha value is -1.39. The average molecular weight is 276 g/mol. The number of thiocarbonyl (C=S) groups is 1. The number of nitrogens with two attached hydrogens (primary N) is 1. The summed E-state index contributed by atoms with van der Waals surface area (Å²) in [4.78, 5) is 0.456. The quantitative estimate of drug-likeness (QED) is 0.823. The lowest BCUT2D eigenvalue weighted by Crippen LogP contribution is -2.11. The van der Waals surface area contributed by atoms with Gasteiger partial charge in [0.2, 0.25) is 0 Å². The summed E-state index contributed by atoms with van der Waals surface area (Å²) in [5.74, 6) is 0. The molecule has 0 fully saturated rings. The van der Waals surface area contributed by atoms with Crippen LogP contribution in [0.1, 0.15) is 16.7 Å². The van der Waals surface area contributed by atoms with Crippen LogP contribution < -0.4 is 11.1 Å². The molecule has 0 aliphatic carbocycles. The van der Waals surface area contributed by atoms with Gasteiger partial charge in [0.1, 0.15) is 4.99 Å². The van der Waals surface area contributed by atoms with Crippen molar-refractivity contribution in [1.29, 1.82) is 0 Å². The number of rotatable bonds is 5. The highest BCUT2D eigenvalue weighted by molar-refractivity contribution is 7.80. The molecule has 0 amide bonds. The third-order valence-electron chi connectivity index (χ3n) is 2.81. The van der Waals surface area contributed by atoms with E-state index in [1.165, 1.54) is 5.56 Å². The van der Waals surface area contributed by atoms with Crippen molar-refractivity contribution in [2.24, 2.45) is 5.73 Å². The molecule has 94 valence electrons.